The average Bonchev–Trinajstić information content (AvgIpc) is 2.28. The third kappa shape index (κ3) is 5.05. The first-order valence-corrected chi connectivity index (χ1v) is 6.94. The number of hydrogen-bond acceptors (Lipinski definition) is 5. The summed E-state index contributed by atoms with van der Waals surface area (Å²) in [6.45, 7) is -0.0814. The van der Waals surface area contributed by atoms with Crippen LogP contribution in [0.4, 0.5) is 0 Å². The molecule has 0 aliphatic heterocycles. The van der Waals surface area contributed by atoms with Crippen LogP contribution in [0.25, 0.3) is 0 Å². The Hall–Kier alpha value is -1.76. The number of benzene rings is 1. The minimum atomic E-state index is -3.61. The Morgan fingerprint density at radius 3 is 2.28 bits per heavy atom. The maximum absolute atomic E-state index is 11.3. The average molecular weight is 274 g/mol. The summed E-state index contributed by atoms with van der Waals surface area (Å²) in [5.74, 6) is -1.40. The van der Waals surface area contributed by atoms with Gasteiger partial charge in [0.05, 0.1) is 12.9 Å². The van der Waals surface area contributed by atoms with Gasteiger partial charge in [0.1, 0.15) is 23.9 Å². The molecule has 100 valence electrons. The van der Waals surface area contributed by atoms with Crippen LogP contribution in [0.5, 0.6) is 11.5 Å². The van der Waals surface area contributed by atoms with Gasteiger partial charge in [-0.05, 0) is 24.3 Å². The van der Waals surface area contributed by atoms with Gasteiger partial charge in [0, 0.05) is 0 Å². The van der Waals surface area contributed by atoms with E-state index in [4.69, 9.17) is 14.6 Å². The summed E-state index contributed by atoms with van der Waals surface area (Å²) in [4.78, 5) is 10.3. The highest BCUT2D eigenvalue weighted by Gasteiger charge is 2.15. The second kappa shape index (κ2) is 6.25. The van der Waals surface area contributed by atoms with E-state index >= 15 is 0 Å². The molecule has 0 heterocycles. The van der Waals surface area contributed by atoms with Crippen LogP contribution in [-0.2, 0) is 14.6 Å². The van der Waals surface area contributed by atoms with E-state index in [0.29, 0.717) is 11.5 Å². The van der Waals surface area contributed by atoms with E-state index in [0.717, 1.165) is 0 Å². The number of methoxy groups -OCH3 is 1. The van der Waals surface area contributed by atoms with Crippen molar-refractivity contribution >= 4 is 15.8 Å². The van der Waals surface area contributed by atoms with Gasteiger partial charge in [0.15, 0.2) is 9.84 Å². The van der Waals surface area contributed by atoms with Gasteiger partial charge in [-0.25, -0.2) is 8.42 Å². The van der Waals surface area contributed by atoms with Gasteiger partial charge in [-0.3, -0.25) is 4.79 Å². The highest BCUT2D eigenvalue weighted by molar-refractivity contribution is 7.92. The van der Waals surface area contributed by atoms with Crippen molar-refractivity contribution in [2.24, 2.45) is 0 Å². The predicted molar refractivity (Wildman–Crippen MR) is 64.8 cm³/mol. The standard InChI is InChI=1S/C11H14O6S/c1-16-9-2-4-10(5-3-9)17-6-7-18(14,15)8-11(12)13/h2-5H,6-8H2,1H3,(H,12,13). The SMILES string of the molecule is COc1ccc(OCCS(=O)(=O)CC(=O)O)cc1. The summed E-state index contributed by atoms with van der Waals surface area (Å²) in [6, 6.07) is 6.65. The molecular weight excluding hydrogens is 260 g/mol. The molecule has 0 saturated carbocycles. The van der Waals surface area contributed by atoms with Gasteiger partial charge < -0.3 is 14.6 Å². The Balaban J connectivity index is 2.43. The summed E-state index contributed by atoms with van der Waals surface area (Å²) in [5.41, 5.74) is 0. The van der Waals surface area contributed by atoms with E-state index < -0.39 is 21.6 Å². The summed E-state index contributed by atoms with van der Waals surface area (Å²) >= 11 is 0. The number of ether oxygens (including phenoxy) is 2. The molecule has 1 aromatic rings. The first-order valence-electron chi connectivity index (χ1n) is 5.12. The van der Waals surface area contributed by atoms with Gasteiger partial charge >= 0.3 is 5.97 Å². The lowest BCUT2D eigenvalue weighted by Crippen LogP contribution is -2.21. The van der Waals surface area contributed by atoms with Gasteiger partial charge in [-0.15, -0.1) is 0 Å². The summed E-state index contributed by atoms with van der Waals surface area (Å²) in [6.07, 6.45) is 0. The first kappa shape index (κ1) is 14.3. The first-order chi connectivity index (χ1) is 8.43. The van der Waals surface area contributed by atoms with E-state index in [1.807, 2.05) is 0 Å². The van der Waals surface area contributed by atoms with Crippen molar-refractivity contribution < 1.29 is 27.8 Å². The van der Waals surface area contributed by atoms with Crippen molar-refractivity contribution in [3.05, 3.63) is 24.3 Å². The normalized spacial score (nSPS) is 10.9. The summed E-state index contributed by atoms with van der Waals surface area (Å²) in [7, 11) is -2.08. The highest BCUT2D eigenvalue weighted by Crippen LogP contribution is 2.16. The molecule has 0 aliphatic rings. The molecule has 0 radical (unpaired) electrons. The molecule has 0 atom stereocenters. The van der Waals surface area contributed by atoms with Crippen molar-refractivity contribution in [3.8, 4) is 11.5 Å². The third-order valence-electron chi connectivity index (χ3n) is 2.07. The molecule has 0 saturated heterocycles. The van der Waals surface area contributed by atoms with Crippen LogP contribution >= 0.6 is 0 Å². The molecule has 0 bridgehead atoms. The third-order valence-corrected chi connectivity index (χ3v) is 3.54. The molecule has 6 nitrogen and oxygen atoms in total. The zero-order chi connectivity index (χ0) is 13.6. The smallest absolute Gasteiger partial charge is 0.318 e. The van der Waals surface area contributed by atoms with Gasteiger partial charge in [-0.1, -0.05) is 0 Å². The van der Waals surface area contributed by atoms with Crippen molar-refractivity contribution in [2.75, 3.05) is 25.2 Å². The zero-order valence-corrected chi connectivity index (χ0v) is 10.6. The monoisotopic (exact) mass is 274 g/mol. The molecular formula is C11H14O6S. The van der Waals surface area contributed by atoms with Crippen LogP contribution in [0, 0.1) is 0 Å². The minimum Gasteiger partial charge on any atom is -0.497 e. The fourth-order valence-electron chi connectivity index (χ4n) is 1.22. The fraction of sp³-hybridized carbons (Fsp3) is 0.364. The number of carbonyl (C=O) groups is 1. The molecule has 7 heteroatoms. The lowest BCUT2D eigenvalue weighted by Gasteiger charge is -2.06. The van der Waals surface area contributed by atoms with E-state index in [2.05, 4.69) is 0 Å². The molecule has 1 rings (SSSR count). The Morgan fingerprint density at radius 2 is 1.78 bits per heavy atom. The van der Waals surface area contributed by atoms with Crippen LogP contribution in [0.2, 0.25) is 0 Å². The number of hydrogen-bond donors (Lipinski definition) is 1. The second-order valence-corrected chi connectivity index (χ2v) is 5.69. The van der Waals surface area contributed by atoms with E-state index in [1.54, 1.807) is 24.3 Å². The maximum Gasteiger partial charge on any atom is 0.318 e. The lowest BCUT2D eigenvalue weighted by atomic mass is 10.3. The zero-order valence-electron chi connectivity index (χ0n) is 9.83. The van der Waals surface area contributed by atoms with Crippen molar-refractivity contribution in [3.63, 3.8) is 0 Å². The molecule has 0 aromatic heterocycles. The molecule has 1 N–H and O–H groups in total. The predicted octanol–water partition coefficient (Wildman–Crippen LogP) is 0.573. The Kier molecular flexibility index (Phi) is 4.96. The Labute approximate surface area is 105 Å². The van der Waals surface area contributed by atoms with Crippen LogP contribution in [-0.4, -0.2) is 44.7 Å². The second-order valence-electron chi connectivity index (χ2n) is 3.51. The fourth-order valence-corrected chi connectivity index (χ4v) is 2.08. The van der Waals surface area contributed by atoms with E-state index in [9.17, 15) is 13.2 Å². The number of aliphatic carboxylic acids is 1. The van der Waals surface area contributed by atoms with Gasteiger partial charge in [0.2, 0.25) is 0 Å². The number of carboxylic acid groups (broad SMARTS) is 1. The topological polar surface area (TPSA) is 89.9 Å². The van der Waals surface area contributed by atoms with E-state index in [-0.39, 0.29) is 12.4 Å². The van der Waals surface area contributed by atoms with Crippen LogP contribution < -0.4 is 9.47 Å². The minimum absolute atomic E-state index is 0.0814. The van der Waals surface area contributed by atoms with Crippen molar-refractivity contribution in [2.45, 2.75) is 0 Å². The highest BCUT2D eigenvalue weighted by atomic mass is 32.2. The molecule has 0 amide bonds. The van der Waals surface area contributed by atoms with Crippen LogP contribution in [0.15, 0.2) is 24.3 Å². The molecule has 0 spiro atoms. The molecule has 0 aliphatic carbocycles. The number of rotatable bonds is 7. The summed E-state index contributed by atoms with van der Waals surface area (Å²) < 4.78 is 32.7. The number of carboxylic acids is 1. The molecule has 0 fully saturated rings. The van der Waals surface area contributed by atoms with Gasteiger partial charge in [-0.2, -0.15) is 0 Å². The van der Waals surface area contributed by atoms with Crippen molar-refractivity contribution in [1.82, 2.24) is 0 Å². The van der Waals surface area contributed by atoms with Gasteiger partial charge in [0.25, 0.3) is 0 Å². The van der Waals surface area contributed by atoms with Crippen LogP contribution in [0.3, 0.4) is 0 Å². The lowest BCUT2D eigenvalue weighted by molar-refractivity contribution is -0.134. The Morgan fingerprint density at radius 1 is 1.22 bits per heavy atom. The number of sulfone groups is 1. The van der Waals surface area contributed by atoms with Crippen molar-refractivity contribution in [1.29, 1.82) is 0 Å². The molecule has 0 unspecified atom stereocenters. The molecule has 18 heavy (non-hydrogen) atoms. The quantitative estimate of drug-likeness (QED) is 0.782. The summed E-state index contributed by atoms with van der Waals surface area (Å²) in [5, 5.41) is 8.39. The van der Waals surface area contributed by atoms with E-state index in [1.165, 1.54) is 7.11 Å². The largest absolute Gasteiger partial charge is 0.497 e. The maximum atomic E-state index is 11.3. The van der Waals surface area contributed by atoms with Crippen LogP contribution in [0.1, 0.15) is 0 Å². The molecule has 1 aromatic carbocycles. The Bertz CT molecular complexity index is 491.